The smallest absolute Gasteiger partial charge is 0.134 e. The van der Waals surface area contributed by atoms with Gasteiger partial charge in [0.05, 0.1) is 0 Å². The summed E-state index contributed by atoms with van der Waals surface area (Å²) in [7, 11) is 0. The predicted molar refractivity (Wildman–Crippen MR) is 93.8 cm³/mol. The molecule has 1 atom stereocenters. The van der Waals surface area contributed by atoms with Gasteiger partial charge in [-0.3, -0.25) is 0 Å². The molecular formula is C19H23FN4. The number of rotatable bonds is 2. The molecule has 0 saturated carbocycles. The summed E-state index contributed by atoms with van der Waals surface area (Å²) < 4.78 is 13.4. The lowest BCUT2D eigenvalue weighted by Gasteiger charge is -2.33. The number of nitrogens with zero attached hydrogens (tertiary/aromatic N) is 4. The molecule has 4 nitrogen and oxygen atoms in total. The van der Waals surface area contributed by atoms with E-state index in [2.05, 4.69) is 32.8 Å². The summed E-state index contributed by atoms with van der Waals surface area (Å²) in [4.78, 5) is 13.6. The Balaban J connectivity index is 1.55. The summed E-state index contributed by atoms with van der Waals surface area (Å²) in [6.07, 6.45) is 5.05. The van der Waals surface area contributed by atoms with E-state index in [0.717, 1.165) is 49.8 Å². The molecule has 2 aromatic rings. The van der Waals surface area contributed by atoms with Crippen molar-refractivity contribution in [1.82, 2.24) is 9.97 Å². The molecule has 0 N–H and O–H groups in total. The molecule has 0 amide bonds. The van der Waals surface area contributed by atoms with Crippen molar-refractivity contribution in [2.75, 3.05) is 29.4 Å². The lowest BCUT2D eigenvalue weighted by molar-refractivity contribution is 0.444. The summed E-state index contributed by atoms with van der Waals surface area (Å²) >= 11 is 0. The number of benzene rings is 1. The van der Waals surface area contributed by atoms with Crippen LogP contribution < -0.4 is 9.80 Å². The molecular weight excluding hydrogens is 303 g/mol. The molecule has 1 saturated heterocycles. The van der Waals surface area contributed by atoms with Crippen LogP contribution >= 0.6 is 0 Å². The van der Waals surface area contributed by atoms with Crippen LogP contribution in [-0.4, -0.2) is 29.6 Å². The Morgan fingerprint density at radius 2 is 1.88 bits per heavy atom. The highest BCUT2D eigenvalue weighted by Gasteiger charge is 2.21. The molecule has 5 heteroatoms. The van der Waals surface area contributed by atoms with Crippen molar-refractivity contribution in [3.63, 3.8) is 0 Å². The van der Waals surface area contributed by atoms with Gasteiger partial charge in [0.1, 0.15) is 23.8 Å². The largest absolute Gasteiger partial charge is 0.356 e. The van der Waals surface area contributed by atoms with Crippen LogP contribution in [0.5, 0.6) is 0 Å². The van der Waals surface area contributed by atoms with E-state index in [1.54, 1.807) is 18.5 Å². The van der Waals surface area contributed by atoms with Gasteiger partial charge in [-0.15, -0.1) is 0 Å². The fourth-order valence-corrected chi connectivity index (χ4v) is 3.80. The van der Waals surface area contributed by atoms with Crippen molar-refractivity contribution in [1.29, 1.82) is 0 Å². The van der Waals surface area contributed by atoms with Crippen LogP contribution in [0.1, 0.15) is 30.9 Å². The van der Waals surface area contributed by atoms with Gasteiger partial charge in [-0.05, 0) is 48.4 Å². The molecule has 4 rings (SSSR count). The highest BCUT2D eigenvalue weighted by atomic mass is 19.1. The minimum Gasteiger partial charge on any atom is -0.356 e. The molecule has 1 aromatic carbocycles. The molecule has 2 aliphatic heterocycles. The van der Waals surface area contributed by atoms with Gasteiger partial charge in [-0.2, -0.15) is 0 Å². The molecule has 0 aliphatic carbocycles. The Kier molecular flexibility index (Phi) is 4.08. The van der Waals surface area contributed by atoms with Crippen LogP contribution in [0.3, 0.4) is 0 Å². The van der Waals surface area contributed by atoms with Crippen LogP contribution in [0.25, 0.3) is 0 Å². The molecule has 0 bridgehead atoms. The van der Waals surface area contributed by atoms with E-state index in [9.17, 15) is 4.39 Å². The maximum Gasteiger partial charge on any atom is 0.134 e. The minimum atomic E-state index is -0.147. The topological polar surface area (TPSA) is 32.3 Å². The van der Waals surface area contributed by atoms with Gasteiger partial charge < -0.3 is 9.80 Å². The highest BCUT2D eigenvalue weighted by Crippen LogP contribution is 2.27. The minimum absolute atomic E-state index is 0.147. The predicted octanol–water partition coefficient (Wildman–Crippen LogP) is 3.41. The van der Waals surface area contributed by atoms with Crippen LogP contribution in [0.15, 0.2) is 30.6 Å². The molecule has 1 aromatic heterocycles. The van der Waals surface area contributed by atoms with E-state index in [1.165, 1.54) is 18.4 Å². The molecule has 1 fully saturated rings. The van der Waals surface area contributed by atoms with Crippen molar-refractivity contribution < 1.29 is 4.39 Å². The SMILES string of the molecule is CC1CCCN(c2cc(N3CCc4cc(F)ccc4C3)ncn2)C1. The van der Waals surface area contributed by atoms with Crippen LogP contribution in [-0.2, 0) is 13.0 Å². The molecule has 3 heterocycles. The number of fused-ring (bicyclic) bond motifs is 1. The van der Waals surface area contributed by atoms with Crippen molar-refractivity contribution >= 4 is 11.6 Å². The lowest BCUT2D eigenvalue weighted by atomic mass is 9.99. The summed E-state index contributed by atoms with van der Waals surface area (Å²) in [6.45, 7) is 6.09. The molecule has 0 radical (unpaired) electrons. The standard InChI is InChI=1S/C19H23FN4/c1-14-3-2-7-23(11-14)18-10-19(22-13-21-18)24-8-6-15-9-17(20)5-4-16(15)12-24/h4-5,9-10,13-14H,2-3,6-8,11-12H2,1H3. The number of piperidine rings is 1. The monoisotopic (exact) mass is 326 g/mol. The number of hydrogen-bond acceptors (Lipinski definition) is 4. The van der Waals surface area contributed by atoms with Crippen molar-refractivity contribution in [3.8, 4) is 0 Å². The molecule has 2 aliphatic rings. The zero-order valence-corrected chi connectivity index (χ0v) is 14.1. The average Bonchev–Trinajstić information content (AvgIpc) is 2.61. The Bertz CT molecular complexity index is 733. The Morgan fingerprint density at radius 3 is 2.71 bits per heavy atom. The summed E-state index contributed by atoms with van der Waals surface area (Å²) in [5, 5.41) is 0. The molecule has 24 heavy (non-hydrogen) atoms. The van der Waals surface area contributed by atoms with Crippen molar-refractivity contribution in [2.45, 2.75) is 32.7 Å². The van der Waals surface area contributed by atoms with Gasteiger partial charge in [-0.25, -0.2) is 14.4 Å². The van der Waals surface area contributed by atoms with Gasteiger partial charge in [0, 0.05) is 32.2 Å². The first-order chi connectivity index (χ1) is 11.7. The first-order valence-electron chi connectivity index (χ1n) is 8.78. The summed E-state index contributed by atoms with van der Waals surface area (Å²) in [5.41, 5.74) is 2.31. The van der Waals surface area contributed by atoms with Crippen LogP contribution in [0.4, 0.5) is 16.0 Å². The fraction of sp³-hybridized carbons (Fsp3) is 0.474. The lowest BCUT2D eigenvalue weighted by Crippen LogP contribution is -2.35. The fourth-order valence-electron chi connectivity index (χ4n) is 3.80. The highest BCUT2D eigenvalue weighted by molar-refractivity contribution is 5.52. The first-order valence-corrected chi connectivity index (χ1v) is 8.78. The maximum atomic E-state index is 13.4. The Hall–Kier alpha value is -2.17. The second-order valence-corrected chi connectivity index (χ2v) is 7.01. The zero-order chi connectivity index (χ0) is 16.5. The zero-order valence-electron chi connectivity index (χ0n) is 14.1. The van der Waals surface area contributed by atoms with Gasteiger partial charge in [-0.1, -0.05) is 13.0 Å². The normalized spacial score (nSPS) is 20.8. The molecule has 126 valence electrons. The van der Waals surface area contributed by atoms with Crippen LogP contribution in [0, 0.1) is 11.7 Å². The van der Waals surface area contributed by atoms with E-state index in [-0.39, 0.29) is 5.82 Å². The number of hydrogen-bond donors (Lipinski definition) is 0. The third kappa shape index (κ3) is 3.07. The Morgan fingerprint density at radius 1 is 1.04 bits per heavy atom. The van der Waals surface area contributed by atoms with Crippen molar-refractivity contribution in [3.05, 3.63) is 47.5 Å². The second-order valence-electron chi connectivity index (χ2n) is 7.01. The number of aromatic nitrogens is 2. The Labute approximate surface area is 142 Å². The second kappa shape index (κ2) is 6.38. The third-order valence-corrected chi connectivity index (χ3v) is 5.12. The number of anilines is 2. The summed E-state index contributed by atoms with van der Waals surface area (Å²) in [6, 6.07) is 7.20. The van der Waals surface area contributed by atoms with E-state index in [0.29, 0.717) is 5.92 Å². The maximum absolute atomic E-state index is 13.4. The summed E-state index contributed by atoms with van der Waals surface area (Å²) in [5.74, 6) is 2.56. The molecule has 0 spiro atoms. The number of halogens is 1. The van der Waals surface area contributed by atoms with E-state index in [4.69, 9.17) is 0 Å². The van der Waals surface area contributed by atoms with Gasteiger partial charge in [0.2, 0.25) is 0 Å². The van der Waals surface area contributed by atoms with Gasteiger partial charge in [0.15, 0.2) is 0 Å². The quantitative estimate of drug-likeness (QED) is 0.846. The van der Waals surface area contributed by atoms with Gasteiger partial charge >= 0.3 is 0 Å². The van der Waals surface area contributed by atoms with E-state index >= 15 is 0 Å². The molecule has 1 unspecified atom stereocenters. The van der Waals surface area contributed by atoms with E-state index in [1.807, 2.05) is 6.07 Å². The van der Waals surface area contributed by atoms with Crippen LogP contribution in [0.2, 0.25) is 0 Å². The van der Waals surface area contributed by atoms with Crippen molar-refractivity contribution in [2.24, 2.45) is 5.92 Å². The average molecular weight is 326 g/mol. The van der Waals surface area contributed by atoms with E-state index < -0.39 is 0 Å². The third-order valence-electron chi connectivity index (χ3n) is 5.12. The van der Waals surface area contributed by atoms with Gasteiger partial charge in [0.25, 0.3) is 0 Å². The first kappa shape index (κ1) is 15.4.